The SMILES string of the molecule is CC(=O)Oc1ccccc1C(=O)N[C@H]1CC[C@@H](Nc2nc(N(C)C)c3ccccc3n2)CC1. The molecule has 172 valence electrons. The Morgan fingerprint density at radius 3 is 2.33 bits per heavy atom. The number of fused-ring (bicyclic) bond motifs is 1. The van der Waals surface area contributed by atoms with Crippen molar-refractivity contribution in [1.29, 1.82) is 0 Å². The summed E-state index contributed by atoms with van der Waals surface area (Å²) in [5.41, 5.74) is 1.28. The third kappa shape index (κ3) is 5.39. The number of esters is 1. The second-order valence-corrected chi connectivity index (χ2v) is 8.54. The number of aromatic nitrogens is 2. The maximum Gasteiger partial charge on any atom is 0.308 e. The van der Waals surface area contributed by atoms with Crippen molar-refractivity contribution in [2.75, 3.05) is 24.3 Å². The molecule has 3 aromatic rings. The number of carbonyl (C=O) groups is 2. The van der Waals surface area contributed by atoms with Gasteiger partial charge in [0.2, 0.25) is 5.95 Å². The van der Waals surface area contributed by atoms with Gasteiger partial charge < -0.3 is 20.3 Å². The van der Waals surface area contributed by atoms with Crippen molar-refractivity contribution in [2.45, 2.75) is 44.7 Å². The quantitative estimate of drug-likeness (QED) is 0.439. The van der Waals surface area contributed by atoms with Gasteiger partial charge in [0.05, 0.1) is 11.1 Å². The monoisotopic (exact) mass is 447 g/mol. The van der Waals surface area contributed by atoms with E-state index in [0.717, 1.165) is 42.4 Å². The molecule has 4 rings (SSSR count). The van der Waals surface area contributed by atoms with Crippen molar-refractivity contribution in [3.8, 4) is 5.75 Å². The van der Waals surface area contributed by atoms with Crippen molar-refractivity contribution in [3.63, 3.8) is 0 Å². The lowest BCUT2D eigenvalue weighted by Crippen LogP contribution is -2.40. The molecule has 8 nitrogen and oxygen atoms in total. The Kier molecular flexibility index (Phi) is 6.72. The molecule has 1 amide bonds. The smallest absolute Gasteiger partial charge is 0.308 e. The molecule has 1 aliphatic rings. The minimum Gasteiger partial charge on any atom is -0.426 e. The van der Waals surface area contributed by atoms with Gasteiger partial charge in [-0.25, -0.2) is 4.98 Å². The molecule has 1 fully saturated rings. The molecule has 2 N–H and O–H groups in total. The van der Waals surface area contributed by atoms with E-state index in [0.29, 0.717) is 11.5 Å². The lowest BCUT2D eigenvalue weighted by molar-refractivity contribution is -0.131. The number of nitrogens with zero attached hydrogens (tertiary/aromatic N) is 3. The first-order valence-corrected chi connectivity index (χ1v) is 11.2. The molecule has 2 aromatic carbocycles. The molecule has 0 aliphatic heterocycles. The average Bonchev–Trinajstić information content (AvgIpc) is 2.79. The van der Waals surface area contributed by atoms with Gasteiger partial charge in [-0.3, -0.25) is 9.59 Å². The van der Waals surface area contributed by atoms with Crippen LogP contribution in [-0.2, 0) is 4.79 Å². The van der Waals surface area contributed by atoms with Crippen LogP contribution in [0.1, 0.15) is 43.0 Å². The molecule has 1 aromatic heterocycles. The van der Waals surface area contributed by atoms with Crippen LogP contribution in [0.5, 0.6) is 5.75 Å². The normalized spacial score (nSPS) is 17.9. The summed E-state index contributed by atoms with van der Waals surface area (Å²) in [5.74, 6) is 1.12. The van der Waals surface area contributed by atoms with E-state index >= 15 is 0 Å². The van der Waals surface area contributed by atoms with Crippen molar-refractivity contribution < 1.29 is 14.3 Å². The summed E-state index contributed by atoms with van der Waals surface area (Å²) in [6, 6.07) is 15.1. The third-order valence-corrected chi connectivity index (χ3v) is 5.79. The minimum atomic E-state index is -0.449. The van der Waals surface area contributed by atoms with Crippen LogP contribution in [0.15, 0.2) is 48.5 Å². The summed E-state index contributed by atoms with van der Waals surface area (Å²) in [7, 11) is 3.96. The molecular formula is C25H29N5O3. The first-order valence-electron chi connectivity index (χ1n) is 11.2. The molecule has 0 bridgehead atoms. The number of benzene rings is 2. The number of amides is 1. The summed E-state index contributed by atoms with van der Waals surface area (Å²) in [6.07, 6.45) is 3.47. The largest absolute Gasteiger partial charge is 0.426 e. The topological polar surface area (TPSA) is 96.5 Å². The van der Waals surface area contributed by atoms with Gasteiger partial charge in [-0.1, -0.05) is 24.3 Å². The van der Waals surface area contributed by atoms with Crippen LogP contribution in [0.25, 0.3) is 10.9 Å². The van der Waals surface area contributed by atoms with Crippen LogP contribution in [0, 0.1) is 0 Å². The molecular weight excluding hydrogens is 418 g/mol. The van der Waals surface area contributed by atoms with E-state index in [1.807, 2.05) is 43.3 Å². The number of hydrogen-bond acceptors (Lipinski definition) is 7. The maximum atomic E-state index is 12.8. The highest BCUT2D eigenvalue weighted by atomic mass is 16.5. The second-order valence-electron chi connectivity index (χ2n) is 8.54. The fourth-order valence-electron chi connectivity index (χ4n) is 4.19. The Bertz CT molecular complexity index is 1160. The fraction of sp³-hybridized carbons (Fsp3) is 0.360. The molecule has 0 radical (unpaired) electrons. The van der Waals surface area contributed by atoms with E-state index in [4.69, 9.17) is 14.7 Å². The number of nitrogens with one attached hydrogen (secondary N) is 2. The fourth-order valence-corrected chi connectivity index (χ4v) is 4.19. The van der Waals surface area contributed by atoms with Crippen LogP contribution < -0.4 is 20.3 Å². The van der Waals surface area contributed by atoms with Gasteiger partial charge in [-0.2, -0.15) is 4.98 Å². The first kappa shape index (κ1) is 22.5. The average molecular weight is 448 g/mol. The summed E-state index contributed by atoms with van der Waals surface area (Å²) in [4.78, 5) is 35.5. The van der Waals surface area contributed by atoms with E-state index in [1.54, 1.807) is 24.3 Å². The van der Waals surface area contributed by atoms with Gasteiger partial charge in [0, 0.05) is 38.5 Å². The van der Waals surface area contributed by atoms with E-state index in [2.05, 4.69) is 10.6 Å². The van der Waals surface area contributed by atoms with Crippen LogP contribution >= 0.6 is 0 Å². The lowest BCUT2D eigenvalue weighted by Gasteiger charge is -2.30. The van der Waals surface area contributed by atoms with Crippen LogP contribution in [-0.4, -0.2) is 48.0 Å². The van der Waals surface area contributed by atoms with Gasteiger partial charge in [-0.05, 0) is 49.9 Å². The maximum absolute atomic E-state index is 12.8. The Hall–Kier alpha value is -3.68. The van der Waals surface area contributed by atoms with Gasteiger partial charge >= 0.3 is 5.97 Å². The molecule has 1 heterocycles. The lowest BCUT2D eigenvalue weighted by atomic mass is 9.91. The number of anilines is 2. The van der Waals surface area contributed by atoms with Gasteiger partial charge in [0.25, 0.3) is 5.91 Å². The van der Waals surface area contributed by atoms with Crippen molar-refractivity contribution in [3.05, 3.63) is 54.1 Å². The van der Waals surface area contributed by atoms with Gasteiger partial charge in [-0.15, -0.1) is 0 Å². The third-order valence-electron chi connectivity index (χ3n) is 5.79. The van der Waals surface area contributed by atoms with E-state index in [1.165, 1.54) is 6.92 Å². The molecule has 33 heavy (non-hydrogen) atoms. The summed E-state index contributed by atoms with van der Waals surface area (Å²) in [6.45, 7) is 1.32. The Morgan fingerprint density at radius 2 is 1.61 bits per heavy atom. The zero-order chi connectivity index (χ0) is 23.4. The standard InChI is InChI=1S/C25H29N5O3/c1-16(31)33-22-11-7-5-9-20(22)24(32)26-17-12-14-18(15-13-17)27-25-28-21-10-6-4-8-19(21)23(29-25)30(2)3/h4-11,17-18H,12-15H2,1-3H3,(H,26,32)(H,27,28,29)/t17-,18+. The highest BCUT2D eigenvalue weighted by Crippen LogP contribution is 2.27. The van der Waals surface area contributed by atoms with Crippen molar-refractivity contribution >= 4 is 34.5 Å². The van der Waals surface area contributed by atoms with Gasteiger partial charge in [0.15, 0.2) is 0 Å². The number of ether oxygens (including phenoxy) is 1. The summed E-state index contributed by atoms with van der Waals surface area (Å²) < 4.78 is 5.17. The molecule has 1 aliphatic carbocycles. The molecule has 0 unspecified atom stereocenters. The van der Waals surface area contributed by atoms with Crippen LogP contribution in [0.4, 0.5) is 11.8 Å². The summed E-state index contributed by atoms with van der Waals surface area (Å²) >= 11 is 0. The highest BCUT2D eigenvalue weighted by molar-refractivity contribution is 5.97. The van der Waals surface area contributed by atoms with Crippen LogP contribution in [0.3, 0.4) is 0 Å². The van der Waals surface area contributed by atoms with Crippen molar-refractivity contribution in [2.24, 2.45) is 0 Å². The summed E-state index contributed by atoms with van der Waals surface area (Å²) in [5, 5.41) is 7.59. The number of para-hydroxylation sites is 2. The first-order chi connectivity index (χ1) is 15.9. The van der Waals surface area contributed by atoms with Crippen LogP contribution in [0.2, 0.25) is 0 Å². The Labute approximate surface area is 193 Å². The molecule has 1 saturated carbocycles. The minimum absolute atomic E-state index is 0.0655. The van der Waals surface area contributed by atoms with Gasteiger partial charge in [0.1, 0.15) is 11.6 Å². The molecule has 8 heteroatoms. The highest BCUT2D eigenvalue weighted by Gasteiger charge is 2.25. The zero-order valence-corrected chi connectivity index (χ0v) is 19.2. The number of rotatable bonds is 6. The number of carbonyl (C=O) groups excluding carboxylic acids is 2. The van der Waals surface area contributed by atoms with E-state index in [-0.39, 0.29) is 23.7 Å². The predicted octanol–water partition coefficient (Wildman–Crippen LogP) is 3.77. The Morgan fingerprint density at radius 1 is 0.939 bits per heavy atom. The molecule has 0 saturated heterocycles. The van der Waals surface area contributed by atoms with E-state index in [9.17, 15) is 9.59 Å². The molecule has 0 spiro atoms. The zero-order valence-electron chi connectivity index (χ0n) is 19.2. The van der Waals surface area contributed by atoms with Crippen molar-refractivity contribution in [1.82, 2.24) is 15.3 Å². The predicted molar refractivity (Wildman–Crippen MR) is 129 cm³/mol. The second kappa shape index (κ2) is 9.85. The number of hydrogen-bond donors (Lipinski definition) is 2. The van der Waals surface area contributed by atoms with E-state index < -0.39 is 5.97 Å². The molecule has 0 atom stereocenters. The Balaban J connectivity index is 1.37.